The van der Waals surface area contributed by atoms with Gasteiger partial charge < -0.3 is 37.9 Å². The van der Waals surface area contributed by atoms with E-state index in [2.05, 4.69) is 0 Å². The normalized spacial score (nSPS) is 46.0. The van der Waals surface area contributed by atoms with E-state index in [1.165, 1.54) is 0 Å². The monoisotopic (exact) mass is 512 g/mol. The second-order valence-electron chi connectivity index (χ2n) is 11.7. The highest BCUT2D eigenvalue weighted by molar-refractivity contribution is 5.70. The fraction of sp³-hybridized carbons (Fsp3) is 0.923. The van der Waals surface area contributed by atoms with Crippen LogP contribution in [0.15, 0.2) is 0 Å². The standard InChI is InChI=1S/C26H40O10/c1-24(2)30-14-19(33-24)23-22-18-13-29-15-25(3,34-18)11-9-20(27)31-16-5-7-17(8-6-16)32-21(28)10-12-26(4,35-22)36-23/h16-19,22-23H,5-15H2,1-4H3. The van der Waals surface area contributed by atoms with Gasteiger partial charge in [-0.05, 0) is 59.8 Å². The minimum Gasteiger partial charge on any atom is -0.462 e. The van der Waals surface area contributed by atoms with Gasteiger partial charge in [-0.2, -0.15) is 0 Å². The van der Waals surface area contributed by atoms with E-state index >= 15 is 0 Å². The maximum atomic E-state index is 12.7. The molecule has 5 saturated heterocycles. The Morgan fingerprint density at radius 2 is 1.25 bits per heavy atom. The van der Waals surface area contributed by atoms with Gasteiger partial charge in [-0.1, -0.05) is 0 Å². The van der Waals surface area contributed by atoms with Crippen LogP contribution >= 0.6 is 0 Å². The van der Waals surface area contributed by atoms with Gasteiger partial charge in [0.25, 0.3) is 0 Å². The molecule has 5 heterocycles. The molecule has 6 fully saturated rings. The van der Waals surface area contributed by atoms with Crippen molar-refractivity contribution in [2.75, 3.05) is 19.8 Å². The molecule has 6 bridgehead atoms. The van der Waals surface area contributed by atoms with Gasteiger partial charge in [-0.3, -0.25) is 9.59 Å². The predicted molar refractivity (Wildman–Crippen MR) is 124 cm³/mol. The number of esters is 2. The van der Waals surface area contributed by atoms with E-state index in [4.69, 9.17) is 37.9 Å². The van der Waals surface area contributed by atoms with Crippen LogP contribution in [0.1, 0.15) is 79.1 Å². The summed E-state index contributed by atoms with van der Waals surface area (Å²) in [5, 5.41) is 0. The van der Waals surface area contributed by atoms with E-state index in [1.807, 2.05) is 27.7 Å². The SMILES string of the molecule is CC12CCC(=O)OC3CCC(CC3)OC(=O)CCC3(C)OC(C(COC1)O2)C(C1COC(C)(C)O1)O3. The fourth-order valence-electron chi connectivity index (χ4n) is 5.88. The second-order valence-corrected chi connectivity index (χ2v) is 11.7. The Hall–Kier alpha value is -1.30. The van der Waals surface area contributed by atoms with Crippen molar-refractivity contribution in [3.05, 3.63) is 0 Å². The highest BCUT2D eigenvalue weighted by atomic mass is 16.8. The van der Waals surface area contributed by atoms with E-state index < -0.39 is 35.5 Å². The Morgan fingerprint density at radius 3 is 1.81 bits per heavy atom. The van der Waals surface area contributed by atoms with Crippen molar-refractivity contribution in [2.45, 2.75) is 133 Å². The molecule has 6 rings (SSSR count). The zero-order chi connectivity index (χ0) is 25.6. The third-order valence-electron chi connectivity index (χ3n) is 7.84. The Kier molecular flexibility index (Phi) is 7.39. The van der Waals surface area contributed by atoms with Gasteiger partial charge in [-0.15, -0.1) is 0 Å². The van der Waals surface area contributed by atoms with Crippen molar-refractivity contribution in [1.82, 2.24) is 0 Å². The topological polar surface area (TPSA) is 108 Å². The minimum atomic E-state index is -1.02. The van der Waals surface area contributed by atoms with Crippen molar-refractivity contribution in [1.29, 1.82) is 0 Å². The van der Waals surface area contributed by atoms with E-state index in [0.29, 0.717) is 58.3 Å². The van der Waals surface area contributed by atoms with Crippen LogP contribution in [0.5, 0.6) is 0 Å². The number of hydrogen-bond acceptors (Lipinski definition) is 10. The Balaban J connectivity index is 1.37. The van der Waals surface area contributed by atoms with E-state index in [1.54, 1.807) is 0 Å². The zero-order valence-corrected chi connectivity index (χ0v) is 21.8. The minimum absolute atomic E-state index is 0.134. The predicted octanol–water partition coefficient (Wildman–Crippen LogP) is 2.78. The van der Waals surface area contributed by atoms with Gasteiger partial charge >= 0.3 is 11.9 Å². The molecule has 10 nitrogen and oxygen atoms in total. The fourth-order valence-corrected chi connectivity index (χ4v) is 5.88. The summed E-state index contributed by atoms with van der Waals surface area (Å²) in [6.07, 6.45) is 1.88. The zero-order valence-electron chi connectivity index (χ0n) is 21.8. The van der Waals surface area contributed by atoms with Crippen molar-refractivity contribution < 1.29 is 47.5 Å². The molecule has 1 aliphatic carbocycles. The molecule has 36 heavy (non-hydrogen) atoms. The quantitative estimate of drug-likeness (QED) is 0.487. The van der Waals surface area contributed by atoms with Gasteiger partial charge in [0.1, 0.15) is 36.6 Å². The van der Waals surface area contributed by atoms with Gasteiger partial charge in [0.05, 0.1) is 31.8 Å². The largest absolute Gasteiger partial charge is 0.462 e. The van der Waals surface area contributed by atoms with Crippen LogP contribution in [-0.4, -0.2) is 85.6 Å². The van der Waals surface area contributed by atoms with Gasteiger partial charge in [0.15, 0.2) is 11.6 Å². The molecule has 5 aliphatic heterocycles. The summed E-state index contributed by atoms with van der Waals surface area (Å²) in [4.78, 5) is 25.3. The molecule has 6 unspecified atom stereocenters. The second kappa shape index (κ2) is 10.1. The van der Waals surface area contributed by atoms with Crippen LogP contribution in [0.4, 0.5) is 0 Å². The molecule has 6 atom stereocenters. The lowest BCUT2D eigenvalue weighted by atomic mass is 9.94. The highest BCUT2D eigenvalue weighted by Crippen LogP contribution is 2.42. The van der Waals surface area contributed by atoms with E-state index in [0.717, 1.165) is 0 Å². The highest BCUT2D eigenvalue weighted by Gasteiger charge is 2.55. The lowest BCUT2D eigenvalue weighted by Crippen LogP contribution is -2.54. The molecule has 0 aromatic rings. The Bertz CT molecular complexity index is 824. The number of fused-ring (bicyclic) bond motifs is 8. The van der Waals surface area contributed by atoms with Crippen LogP contribution in [0.25, 0.3) is 0 Å². The molecule has 0 aromatic carbocycles. The molecule has 10 heteroatoms. The van der Waals surface area contributed by atoms with Crippen molar-refractivity contribution >= 4 is 11.9 Å². The van der Waals surface area contributed by atoms with Crippen LogP contribution in [0.2, 0.25) is 0 Å². The first-order valence-electron chi connectivity index (χ1n) is 13.3. The molecule has 0 N–H and O–H groups in total. The molecule has 0 spiro atoms. The summed E-state index contributed by atoms with van der Waals surface area (Å²) in [6.45, 7) is 8.58. The van der Waals surface area contributed by atoms with Crippen LogP contribution in [0.3, 0.4) is 0 Å². The Labute approximate surface area is 212 Å². The number of ether oxygens (including phenoxy) is 8. The lowest BCUT2D eigenvalue weighted by Gasteiger charge is -2.41. The molecule has 6 aliphatic rings. The first-order valence-corrected chi connectivity index (χ1v) is 13.3. The van der Waals surface area contributed by atoms with Crippen molar-refractivity contribution in [2.24, 2.45) is 0 Å². The lowest BCUT2D eigenvalue weighted by molar-refractivity contribution is -0.237. The third kappa shape index (κ3) is 6.05. The number of carbonyl (C=O) groups is 2. The summed E-state index contributed by atoms with van der Waals surface area (Å²) in [5.41, 5.74) is -0.673. The molecule has 0 amide bonds. The van der Waals surface area contributed by atoms with Crippen LogP contribution < -0.4 is 0 Å². The first-order chi connectivity index (χ1) is 17.0. The maximum absolute atomic E-state index is 12.7. The number of hydrogen-bond donors (Lipinski definition) is 0. The van der Waals surface area contributed by atoms with E-state index in [9.17, 15) is 9.59 Å². The summed E-state index contributed by atoms with van der Waals surface area (Å²) in [5.74, 6) is -2.27. The summed E-state index contributed by atoms with van der Waals surface area (Å²) < 4.78 is 48.8. The summed E-state index contributed by atoms with van der Waals surface area (Å²) in [7, 11) is 0. The average molecular weight is 513 g/mol. The summed E-state index contributed by atoms with van der Waals surface area (Å²) in [6, 6.07) is 0. The van der Waals surface area contributed by atoms with Crippen LogP contribution in [-0.2, 0) is 47.5 Å². The Morgan fingerprint density at radius 1 is 0.694 bits per heavy atom. The molecular formula is C26H40O10. The first kappa shape index (κ1) is 26.3. The maximum Gasteiger partial charge on any atom is 0.306 e. The molecule has 0 aromatic heterocycles. The van der Waals surface area contributed by atoms with Crippen molar-refractivity contribution in [3.8, 4) is 0 Å². The molecule has 0 radical (unpaired) electrons. The average Bonchev–Trinajstić information content (AvgIpc) is 3.37. The summed E-state index contributed by atoms with van der Waals surface area (Å²) >= 11 is 0. The molecule has 204 valence electrons. The number of rotatable bonds is 1. The smallest absolute Gasteiger partial charge is 0.306 e. The van der Waals surface area contributed by atoms with Crippen LogP contribution in [0, 0.1) is 0 Å². The molecule has 1 saturated carbocycles. The van der Waals surface area contributed by atoms with E-state index in [-0.39, 0.29) is 43.1 Å². The van der Waals surface area contributed by atoms with Gasteiger partial charge in [0, 0.05) is 12.8 Å². The third-order valence-corrected chi connectivity index (χ3v) is 7.84. The molecular weight excluding hydrogens is 472 g/mol. The van der Waals surface area contributed by atoms with Gasteiger partial charge in [0.2, 0.25) is 0 Å². The number of carbonyl (C=O) groups excluding carboxylic acids is 2. The van der Waals surface area contributed by atoms with Crippen molar-refractivity contribution in [3.63, 3.8) is 0 Å². The van der Waals surface area contributed by atoms with Gasteiger partial charge in [-0.25, -0.2) is 0 Å².